The molecular formula is C13H16N4. The molecule has 2 rings (SSSR count). The molecule has 17 heavy (non-hydrogen) atoms. The Bertz CT molecular complexity index is 422. The molecular weight excluding hydrogens is 212 g/mol. The lowest BCUT2D eigenvalue weighted by Gasteiger charge is -2.30. The maximum Gasteiger partial charge on any atom is 0.0991 e. The Morgan fingerprint density at radius 2 is 1.82 bits per heavy atom. The van der Waals surface area contributed by atoms with Crippen molar-refractivity contribution in [1.29, 1.82) is 5.26 Å². The van der Waals surface area contributed by atoms with Crippen molar-refractivity contribution in [3.05, 3.63) is 35.4 Å². The van der Waals surface area contributed by atoms with E-state index in [1.165, 1.54) is 0 Å². The van der Waals surface area contributed by atoms with E-state index in [1.54, 1.807) is 0 Å². The van der Waals surface area contributed by atoms with Crippen molar-refractivity contribution in [2.75, 3.05) is 33.2 Å². The fourth-order valence-corrected chi connectivity index (χ4v) is 1.70. The number of benzene rings is 1. The van der Waals surface area contributed by atoms with Crippen LogP contribution in [0, 0.1) is 11.3 Å². The molecule has 0 amide bonds. The van der Waals surface area contributed by atoms with Crippen molar-refractivity contribution in [2.24, 2.45) is 5.10 Å². The van der Waals surface area contributed by atoms with Crippen molar-refractivity contribution < 1.29 is 0 Å². The van der Waals surface area contributed by atoms with Crippen LogP contribution in [0.1, 0.15) is 11.1 Å². The molecule has 88 valence electrons. The molecule has 0 bridgehead atoms. The summed E-state index contributed by atoms with van der Waals surface area (Å²) in [5.41, 5.74) is 1.71. The first kappa shape index (κ1) is 11.6. The van der Waals surface area contributed by atoms with Crippen molar-refractivity contribution in [2.45, 2.75) is 0 Å². The van der Waals surface area contributed by atoms with E-state index in [0.29, 0.717) is 5.56 Å². The van der Waals surface area contributed by atoms with E-state index >= 15 is 0 Å². The van der Waals surface area contributed by atoms with Gasteiger partial charge < -0.3 is 4.90 Å². The molecule has 0 radical (unpaired) electrons. The number of hydrazone groups is 1. The van der Waals surface area contributed by atoms with Crippen molar-refractivity contribution in [3.8, 4) is 6.07 Å². The highest BCUT2D eigenvalue weighted by atomic mass is 15.5. The molecule has 0 aromatic heterocycles. The zero-order valence-corrected chi connectivity index (χ0v) is 10.0. The Morgan fingerprint density at radius 1 is 1.18 bits per heavy atom. The van der Waals surface area contributed by atoms with Gasteiger partial charge in [0.2, 0.25) is 0 Å². The summed E-state index contributed by atoms with van der Waals surface area (Å²) in [5.74, 6) is 0. The van der Waals surface area contributed by atoms with E-state index < -0.39 is 0 Å². The molecule has 1 aromatic carbocycles. The smallest absolute Gasteiger partial charge is 0.0991 e. The monoisotopic (exact) mass is 228 g/mol. The van der Waals surface area contributed by atoms with Crippen LogP contribution in [-0.2, 0) is 0 Å². The van der Waals surface area contributed by atoms with Gasteiger partial charge in [0.05, 0.1) is 17.8 Å². The molecule has 0 unspecified atom stereocenters. The largest absolute Gasteiger partial charge is 0.303 e. The third kappa shape index (κ3) is 3.30. The van der Waals surface area contributed by atoms with Crippen LogP contribution in [0.2, 0.25) is 0 Å². The van der Waals surface area contributed by atoms with Crippen LogP contribution in [0.3, 0.4) is 0 Å². The zero-order valence-electron chi connectivity index (χ0n) is 10.0. The van der Waals surface area contributed by atoms with E-state index in [2.05, 4.69) is 28.1 Å². The average Bonchev–Trinajstić information content (AvgIpc) is 2.39. The van der Waals surface area contributed by atoms with Gasteiger partial charge in [-0.05, 0) is 24.7 Å². The van der Waals surface area contributed by atoms with Gasteiger partial charge in [0, 0.05) is 26.2 Å². The van der Waals surface area contributed by atoms with Gasteiger partial charge in [-0.15, -0.1) is 0 Å². The van der Waals surface area contributed by atoms with Gasteiger partial charge in [0.1, 0.15) is 0 Å². The number of likely N-dealkylation sites (N-methyl/N-ethyl adjacent to an activating group) is 1. The molecule has 0 saturated carbocycles. The maximum atomic E-state index is 8.69. The van der Waals surface area contributed by atoms with Gasteiger partial charge in [-0.2, -0.15) is 10.4 Å². The average molecular weight is 228 g/mol. The summed E-state index contributed by atoms with van der Waals surface area (Å²) in [7, 11) is 2.13. The summed E-state index contributed by atoms with van der Waals surface area (Å²) in [6.07, 6.45) is 1.85. The van der Waals surface area contributed by atoms with E-state index in [4.69, 9.17) is 5.26 Å². The molecule has 1 aromatic rings. The van der Waals surface area contributed by atoms with E-state index in [0.717, 1.165) is 31.7 Å². The molecule has 0 atom stereocenters. The molecule has 4 heteroatoms. The van der Waals surface area contributed by atoms with Crippen molar-refractivity contribution in [3.63, 3.8) is 0 Å². The molecule has 1 aliphatic rings. The molecule has 0 N–H and O–H groups in total. The summed E-state index contributed by atoms with van der Waals surface area (Å²) in [4.78, 5) is 2.30. The van der Waals surface area contributed by atoms with Crippen molar-refractivity contribution in [1.82, 2.24) is 9.91 Å². The minimum Gasteiger partial charge on any atom is -0.303 e. The van der Waals surface area contributed by atoms with Crippen molar-refractivity contribution >= 4 is 6.21 Å². The lowest BCUT2D eigenvalue weighted by atomic mass is 10.2. The number of piperazine rings is 1. The topological polar surface area (TPSA) is 42.6 Å². The standard InChI is InChI=1S/C13H16N4/c1-16-6-8-17(9-7-16)15-11-13-4-2-12(10-14)3-5-13/h2-5,11H,6-9H2,1H3/b15-11+. The van der Waals surface area contributed by atoms with Gasteiger partial charge >= 0.3 is 0 Å². The second-order valence-corrected chi connectivity index (χ2v) is 4.24. The van der Waals surface area contributed by atoms with Gasteiger partial charge in [-0.3, -0.25) is 5.01 Å². The number of rotatable bonds is 2. The van der Waals surface area contributed by atoms with Gasteiger partial charge in [-0.25, -0.2) is 0 Å². The molecule has 1 saturated heterocycles. The normalized spacial score (nSPS) is 17.3. The van der Waals surface area contributed by atoms with Crippen LogP contribution in [0.5, 0.6) is 0 Å². The maximum absolute atomic E-state index is 8.69. The molecule has 4 nitrogen and oxygen atoms in total. The first-order valence-corrected chi connectivity index (χ1v) is 5.75. The Balaban J connectivity index is 1.93. The van der Waals surface area contributed by atoms with E-state index in [9.17, 15) is 0 Å². The second-order valence-electron chi connectivity index (χ2n) is 4.24. The first-order valence-electron chi connectivity index (χ1n) is 5.75. The summed E-state index contributed by atoms with van der Waals surface area (Å²) in [6.45, 7) is 4.07. The van der Waals surface area contributed by atoms with E-state index in [-0.39, 0.29) is 0 Å². The Morgan fingerprint density at radius 3 is 2.41 bits per heavy atom. The fraction of sp³-hybridized carbons (Fsp3) is 0.385. The number of hydrogen-bond acceptors (Lipinski definition) is 4. The van der Waals surface area contributed by atoms with Crippen LogP contribution in [0.25, 0.3) is 0 Å². The lowest BCUT2D eigenvalue weighted by molar-refractivity contribution is 0.159. The lowest BCUT2D eigenvalue weighted by Crippen LogP contribution is -2.41. The Hall–Kier alpha value is -1.86. The van der Waals surface area contributed by atoms with Gasteiger partial charge in [-0.1, -0.05) is 12.1 Å². The quantitative estimate of drug-likeness (QED) is 0.713. The minimum atomic E-state index is 0.682. The SMILES string of the molecule is CN1CCN(/N=C/c2ccc(C#N)cc2)CC1. The minimum absolute atomic E-state index is 0.682. The summed E-state index contributed by atoms with van der Waals surface area (Å²) >= 11 is 0. The third-order valence-electron chi connectivity index (χ3n) is 2.89. The number of nitriles is 1. The highest BCUT2D eigenvalue weighted by Crippen LogP contribution is 2.03. The molecule has 0 aliphatic carbocycles. The highest BCUT2D eigenvalue weighted by Gasteiger charge is 2.10. The summed E-state index contributed by atoms with van der Waals surface area (Å²) < 4.78 is 0. The van der Waals surface area contributed by atoms with Crippen LogP contribution in [0.15, 0.2) is 29.4 Å². The van der Waals surface area contributed by atoms with Crippen LogP contribution in [0.4, 0.5) is 0 Å². The Kier molecular flexibility index (Phi) is 3.73. The zero-order chi connectivity index (χ0) is 12.1. The third-order valence-corrected chi connectivity index (χ3v) is 2.89. The summed E-state index contributed by atoms with van der Waals surface area (Å²) in [5, 5.41) is 15.2. The predicted molar refractivity (Wildman–Crippen MR) is 67.8 cm³/mol. The number of hydrogen-bond donors (Lipinski definition) is 0. The first-order chi connectivity index (χ1) is 8.28. The fourth-order valence-electron chi connectivity index (χ4n) is 1.70. The van der Waals surface area contributed by atoms with E-state index in [1.807, 2.05) is 30.5 Å². The number of nitrogens with zero attached hydrogens (tertiary/aromatic N) is 4. The molecule has 1 aliphatic heterocycles. The van der Waals surface area contributed by atoms with Gasteiger partial charge in [0.15, 0.2) is 0 Å². The van der Waals surface area contributed by atoms with Gasteiger partial charge in [0.25, 0.3) is 0 Å². The Labute approximate surface area is 102 Å². The summed E-state index contributed by atoms with van der Waals surface area (Å²) in [6, 6.07) is 9.56. The van der Waals surface area contributed by atoms with Crippen LogP contribution >= 0.6 is 0 Å². The molecule has 1 fully saturated rings. The molecule has 1 heterocycles. The predicted octanol–water partition coefficient (Wildman–Crippen LogP) is 1.14. The molecule has 0 spiro atoms. The highest BCUT2D eigenvalue weighted by molar-refractivity contribution is 5.79. The van der Waals surface area contributed by atoms with Crippen LogP contribution in [-0.4, -0.2) is 49.4 Å². The second kappa shape index (κ2) is 5.46. The van der Waals surface area contributed by atoms with Crippen LogP contribution < -0.4 is 0 Å².